The lowest BCUT2D eigenvalue weighted by Gasteiger charge is -2.09. The van der Waals surface area contributed by atoms with Crippen molar-refractivity contribution in [2.45, 2.75) is 13.8 Å². The van der Waals surface area contributed by atoms with Crippen molar-refractivity contribution in [3.63, 3.8) is 0 Å². The molecule has 0 radical (unpaired) electrons. The highest BCUT2D eigenvalue weighted by Gasteiger charge is 2.24. The van der Waals surface area contributed by atoms with Crippen LogP contribution in [0.15, 0.2) is 50.8 Å². The van der Waals surface area contributed by atoms with E-state index in [0.717, 1.165) is 10.0 Å². The van der Waals surface area contributed by atoms with E-state index >= 15 is 0 Å². The van der Waals surface area contributed by atoms with E-state index < -0.39 is 5.97 Å². The van der Waals surface area contributed by atoms with Gasteiger partial charge >= 0.3 is 5.97 Å². The largest absolute Gasteiger partial charge is 0.481 e. The van der Waals surface area contributed by atoms with Gasteiger partial charge in [0, 0.05) is 15.1 Å². The van der Waals surface area contributed by atoms with Crippen LogP contribution in [0.3, 0.4) is 0 Å². The second kappa shape index (κ2) is 10.1. The number of carbonyl (C=O) groups is 2. The number of aliphatic imine (C=N–C) groups is 1. The van der Waals surface area contributed by atoms with Crippen LogP contribution in [0.25, 0.3) is 6.08 Å². The van der Waals surface area contributed by atoms with Crippen LogP contribution in [-0.4, -0.2) is 30.3 Å². The number of hydrogen-bond acceptors (Lipinski definition) is 6. The lowest BCUT2D eigenvalue weighted by atomic mass is 10.2. The summed E-state index contributed by atoms with van der Waals surface area (Å²) in [5.41, 5.74) is 2.17. The lowest BCUT2D eigenvalue weighted by molar-refractivity contribution is -0.145. The zero-order chi connectivity index (χ0) is 21.7. The Hall–Kier alpha value is -2.29. The second-order valence-corrected chi connectivity index (χ2v) is 8.50. The molecule has 0 unspecified atom stereocenters. The number of nitrogens with zero attached hydrogens (tertiary/aromatic N) is 1. The van der Waals surface area contributed by atoms with Crippen LogP contribution in [-0.2, 0) is 14.3 Å². The number of amidine groups is 1. The molecule has 1 fully saturated rings. The summed E-state index contributed by atoms with van der Waals surface area (Å²) in [7, 11) is 0. The number of thioether (sulfide) groups is 1. The molecule has 0 atom stereocenters. The van der Waals surface area contributed by atoms with Crippen LogP contribution in [0.4, 0.5) is 5.69 Å². The predicted octanol–water partition coefficient (Wildman–Crippen LogP) is 5.24. The molecule has 1 N–H and O–H groups in total. The SMILES string of the molecule is CCOC(=O)COc1ccc(Br)cc1/C=C1/SC(=Nc2cccc(Cl)c2C)NC1=O. The van der Waals surface area contributed by atoms with Crippen molar-refractivity contribution < 1.29 is 19.1 Å². The highest BCUT2D eigenvalue weighted by atomic mass is 79.9. The molecule has 0 saturated carbocycles. The number of amides is 1. The number of carbonyl (C=O) groups excluding carboxylic acids is 2. The van der Waals surface area contributed by atoms with Crippen LogP contribution in [0, 0.1) is 6.92 Å². The first kappa shape index (κ1) is 22.4. The molecule has 2 aromatic carbocycles. The molecule has 0 spiro atoms. The van der Waals surface area contributed by atoms with Gasteiger partial charge < -0.3 is 14.8 Å². The van der Waals surface area contributed by atoms with Crippen molar-refractivity contribution in [2.75, 3.05) is 13.2 Å². The Kier molecular flexibility index (Phi) is 7.58. The van der Waals surface area contributed by atoms with Crippen LogP contribution in [0.5, 0.6) is 5.75 Å². The molecule has 1 aliphatic rings. The van der Waals surface area contributed by atoms with Gasteiger partial charge in [0.25, 0.3) is 5.91 Å². The average Bonchev–Trinajstić information content (AvgIpc) is 3.04. The summed E-state index contributed by atoms with van der Waals surface area (Å²) in [5.74, 6) is -0.267. The van der Waals surface area contributed by atoms with E-state index in [4.69, 9.17) is 21.1 Å². The molecule has 30 heavy (non-hydrogen) atoms. The highest BCUT2D eigenvalue weighted by Crippen LogP contribution is 2.33. The summed E-state index contributed by atoms with van der Waals surface area (Å²) in [6.07, 6.45) is 1.69. The summed E-state index contributed by atoms with van der Waals surface area (Å²) < 4.78 is 11.3. The predicted molar refractivity (Wildman–Crippen MR) is 123 cm³/mol. The summed E-state index contributed by atoms with van der Waals surface area (Å²) in [5, 5.41) is 3.83. The van der Waals surface area contributed by atoms with Gasteiger partial charge in [0.15, 0.2) is 11.8 Å². The van der Waals surface area contributed by atoms with Gasteiger partial charge in [-0.1, -0.05) is 33.6 Å². The van der Waals surface area contributed by atoms with Crippen LogP contribution < -0.4 is 10.1 Å². The summed E-state index contributed by atoms with van der Waals surface area (Å²) in [6, 6.07) is 10.7. The monoisotopic (exact) mass is 508 g/mol. The molecule has 9 heteroatoms. The van der Waals surface area contributed by atoms with Crippen molar-refractivity contribution in [1.29, 1.82) is 0 Å². The van der Waals surface area contributed by atoms with Crippen LogP contribution >= 0.6 is 39.3 Å². The summed E-state index contributed by atoms with van der Waals surface area (Å²) in [6.45, 7) is 3.66. The number of nitrogens with one attached hydrogen (secondary N) is 1. The maximum atomic E-state index is 12.4. The molecule has 1 amide bonds. The zero-order valence-electron chi connectivity index (χ0n) is 16.2. The van der Waals surface area contributed by atoms with E-state index in [1.807, 2.05) is 19.1 Å². The van der Waals surface area contributed by atoms with Gasteiger partial charge in [-0.25, -0.2) is 9.79 Å². The van der Waals surface area contributed by atoms with Gasteiger partial charge in [-0.15, -0.1) is 0 Å². The fourth-order valence-corrected chi connectivity index (χ4v) is 3.93. The molecule has 0 aliphatic carbocycles. The van der Waals surface area contributed by atoms with Crippen molar-refractivity contribution in [2.24, 2.45) is 4.99 Å². The van der Waals surface area contributed by atoms with Crippen molar-refractivity contribution >= 4 is 68.1 Å². The zero-order valence-corrected chi connectivity index (χ0v) is 19.4. The molecule has 1 saturated heterocycles. The van der Waals surface area contributed by atoms with E-state index in [-0.39, 0.29) is 19.1 Å². The topological polar surface area (TPSA) is 77.0 Å². The molecule has 2 aromatic rings. The quantitative estimate of drug-likeness (QED) is 0.425. The molecule has 1 aliphatic heterocycles. The van der Waals surface area contributed by atoms with Gasteiger partial charge in [0.1, 0.15) is 5.75 Å². The summed E-state index contributed by atoms with van der Waals surface area (Å²) >= 11 is 10.8. The van der Waals surface area contributed by atoms with E-state index in [2.05, 4.69) is 26.2 Å². The number of hydrogen-bond donors (Lipinski definition) is 1. The molecular formula is C21H18BrClN2O4S. The smallest absolute Gasteiger partial charge is 0.344 e. The standard InChI is InChI=1S/C21H18BrClN2O4S/c1-3-28-19(26)11-29-17-8-7-14(22)9-13(17)10-18-20(27)25-21(30-18)24-16-6-4-5-15(23)12(16)2/h4-10H,3,11H2,1-2H3,(H,24,25,27)/b18-10+. The minimum absolute atomic E-state index is 0.217. The number of esters is 1. The Morgan fingerprint density at radius 1 is 1.33 bits per heavy atom. The molecule has 6 nitrogen and oxygen atoms in total. The minimum atomic E-state index is -0.460. The molecule has 3 rings (SSSR count). The minimum Gasteiger partial charge on any atom is -0.481 e. The number of halogens is 2. The summed E-state index contributed by atoms with van der Waals surface area (Å²) in [4.78, 5) is 29.0. The first-order valence-corrected chi connectivity index (χ1v) is 11.0. The third-order valence-electron chi connectivity index (χ3n) is 4.02. The molecule has 0 bridgehead atoms. The number of benzene rings is 2. The highest BCUT2D eigenvalue weighted by molar-refractivity contribution is 9.10. The maximum Gasteiger partial charge on any atom is 0.344 e. The average molecular weight is 510 g/mol. The Morgan fingerprint density at radius 3 is 2.90 bits per heavy atom. The van der Waals surface area contributed by atoms with Gasteiger partial charge in [-0.3, -0.25) is 4.79 Å². The van der Waals surface area contributed by atoms with Gasteiger partial charge in [0.2, 0.25) is 0 Å². The fourth-order valence-electron chi connectivity index (χ4n) is 2.55. The van der Waals surface area contributed by atoms with Gasteiger partial charge in [-0.05, 0) is 67.6 Å². The molecule has 0 aromatic heterocycles. The first-order valence-electron chi connectivity index (χ1n) is 9.00. The number of rotatable bonds is 6. The fraction of sp³-hybridized carbons (Fsp3) is 0.190. The maximum absolute atomic E-state index is 12.4. The molecule has 1 heterocycles. The molecule has 156 valence electrons. The number of ether oxygens (including phenoxy) is 2. The van der Waals surface area contributed by atoms with Crippen LogP contribution in [0.1, 0.15) is 18.1 Å². The second-order valence-electron chi connectivity index (χ2n) is 6.14. The van der Waals surface area contributed by atoms with Crippen molar-refractivity contribution in [3.05, 3.63) is 61.9 Å². The van der Waals surface area contributed by atoms with Gasteiger partial charge in [-0.2, -0.15) is 0 Å². The Labute approximate surface area is 191 Å². The lowest BCUT2D eigenvalue weighted by Crippen LogP contribution is -2.19. The Balaban J connectivity index is 1.84. The third kappa shape index (κ3) is 5.65. The molecular weight excluding hydrogens is 492 g/mol. The third-order valence-corrected chi connectivity index (χ3v) is 5.83. The Bertz CT molecular complexity index is 1060. The Morgan fingerprint density at radius 2 is 2.13 bits per heavy atom. The van der Waals surface area contributed by atoms with Crippen LogP contribution in [0.2, 0.25) is 5.02 Å². The van der Waals surface area contributed by atoms with Crippen molar-refractivity contribution in [1.82, 2.24) is 5.32 Å². The van der Waals surface area contributed by atoms with E-state index in [0.29, 0.717) is 32.1 Å². The normalized spacial score (nSPS) is 16.1. The van der Waals surface area contributed by atoms with E-state index in [1.54, 1.807) is 37.3 Å². The van der Waals surface area contributed by atoms with Crippen molar-refractivity contribution in [3.8, 4) is 5.75 Å². The van der Waals surface area contributed by atoms with E-state index in [1.165, 1.54) is 11.8 Å². The first-order chi connectivity index (χ1) is 14.4. The van der Waals surface area contributed by atoms with Gasteiger partial charge in [0.05, 0.1) is 17.2 Å². The van der Waals surface area contributed by atoms with E-state index in [9.17, 15) is 9.59 Å².